The van der Waals surface area contributed by atoms with Crippen molar-refractivity contribution in [1.29, 1.82) is 0 Å². The lowest BCUT2D eigenvalue weighted by molar-refractivity contribution is 0.588. The van der Waals surface area contributed by atoms with Crippen molar-refractivity contribution in [3.63, 3.8) is 0 Å². The lowest BCUT2D eigenvalue weighted by Gasteiger charge is -2.17. The fraction of sp³-hybridized carbons (Fsp3) is 0.455. The highest BCUT2D eigenvalue weighted by molar-refractivity contribution is 7.90. The van der Waals surface area contributed by atoms with Gasteiger partial charge in [0, 0.05) is 12.3 Å². The normalized spacial score (nSPS) is 14.1. The Morgan fingerprint density at radius 1 is 1.16 bits per heavy atom. The fourth-order valence-electron chi connectivity index (χ4n) is 1.69. The highest BCUT2D eigenvalue weighted by Gasteiger charge is 2.18. The van der Waals surface area contributed by atoms with Gasteiger partial charge < -0.3 is 5.32 Å². The third-order valence-electron chi connectivity index (χ3n) is 2.40. The topological polar surface area (TPSA) is 92.3 Å². The Kier molecular flexibility index (Phi) is 4.94. The summed E-state index contributed by atoms with van der Waals surface area (Å²) in [7, 11) is -5.38. The summed E-state index contributed by atoms with van der Waals surface area (Å²) in [4.78, 5) is 0.0952. The van der Waals surface area contributed by atoms with Gasteiger partial charge in [-0.05, 0) is 26.1 Å². The van der Waals surface area contributed by atoms with Crippen LogP contribution in [0.2, 0.25) is 0 Å². The van der Waals surface area contributed by atoms with Crippen LogP contribution in [0, 0.1) is 0 Å². The van der Waals surface area contributed by atoms with E-state index in [2.05, 4.69) is 10.0 Å². The zero-order chi connectivity index (χ0) is 14.7. The minimum atomic E-state index is -3.58. The van der Waals surface area contributed by atoms with Crippen LogP contribution >= 0.6 is 0 Å². The van der Waals surface area contributed by atoms with E-state index in [1.165, 1.54) is 13.1 Å². The molecule has 0 aliphatic heterocycles. The Balaban J connectivity index is 3.03. The van der Waals surface area contributed by atoms with Gasteiger partial charge in [-0.15, -0.1) is 0 Å². The summed E-state index contributed by atoms with van der Waals surface area (Å²) < 4.78 is 48.3. The van der Waals surface area contributed by atoms with Crippen LogP contribution in [-0.4, -0.2) is 41.9 Å². The summed E-state index contributed by atoms with van der Waals surface area (Å²) >= 11 is 0. The van der Waals surface area contributed by atoms with Gasteiger partial charge in [-0.25, -0.2) is 21.6 Å². The molecule has 0 fully saturated rings. The van der Waals surface area contributed by atoms with Crippen LogP contribution in [0.5, 0.6) is 0 Å². The zero-order valence-electron chi connectivity index (χ0n) is 11.0. The van der Waals surface area contributed by atoms with E-state index >= 15 is 0 Å². The third kappa shape index (κ3) is 4.81. The van der Waals surface area contributed by atoms with Gasteiger partial charge >= 0.3 is 0 Å². The summed E-state index contributed by atoms with van der Waals surface area (Å²) in [5.74, 6) is -0.0685. The van der Waals surface area contributed by atoms with Crippen LogP contribution in [-0.2, 0) is 19.9 Å². The SMILES string of the molecule is CNS(=O)(=O)c1ccccc1NC(C)CS(C)(=O)=O. The Hall–Kier alpha value is -1.12. The van der Waals surface area contributed by atoms with Crippen molar-refractivity contribution in [2.24, 2.45) is 0 Å². The van der Waals surface area contributed by atoms with Gasteiger partial charge in [-0.2, -0.15) is 0 Å². The molecule has 0 amide bonds. The van der Waals surface area contributed by atoms with Gasteiger partial charge in [-0.1, -0.05) is 12.1 Å². The second-order valence-electron chi connectivity index (χ2n) is 4.34. The van der Waals surface area contributed by atoms with Crippen LogP contribution in [0.15, 0.2) is 29.2 Å². The van der Waals surface area contributed by atoms with Crippen molar-refractivity contribution in [2.75, 3.05) is 24.4 Å². The van der Waals surface area contributed by atoms with Crippen molar-refractivity contribution < 1.29 is 16.8 Å². The number of sulfonamides is 1. The number of sulfone groups is 1. The molecule has 19 heavy (non-hydrogen) atoms. The van der Waals surface area contributed by atoms with E-state index in [1.807, 2.05) is 0 Å². The molecule has 0 saturated carbocycles. The standard InChI is InChI=1S/C11H18N2O4S2/c1-9(8-18(3,14)15)13-10-6-4-5-7-11(10)19(16,17)12-2/h4-7,9,12-13H,8H2,1-3H3. The largest absolute Gasteiger partial charge is 0.380 e. The van der Waals surface area contributed by atoms with E-state index in [4.69, 9.17) is 0 Å². The molecule has 0 aliphatic rings. The summed E-state index contributed by atoms with van der Waals surface area (Å²) in [5, 5.41) is 2.91. The predicted octanol–water partition coefficient (Wildman–Crippen LogP) is 0.440. The van der Waals surface area contributed by atoms with Gasteiger partial charge in [0.15, 0.2) is 0 Å². The summed E-state index contributed by atoms with van der Waals surface area (Å²) in [6.07, 6.45) is 1.14. The highest BCUT2D eigenvalue weighted by atomic mass is 32.2. The molecule has 0 aliphatic carbocycles. The fourth-order valence-corrected chi connectivity index (χ4v) is 3.58. The number of benzene rings is 1. The average molecular weight is 306 g/mol. The number of hydrogen-bond donors (Lipinski definition) is 2. The Bertz CT molecular complexity index is 638. The van der Waals surface area contributed by atoms with Gasteiger partial charge in [-0.3, -0.25) is 0 Å². The summed E-state index contributed by atoms with van der Waals surface area (Å²) in [5.41, 5.74) is 0.382. The van der Waals surface area contributed by atoms with Crippen molar-refractivity contribution in [1.82, 2.24) is 4.72 Å². The number of hydrogen-bond acceptors (Lipinski definition) is 5. The quantitative estimate of drug-likeness (QED) is 0.795. The Morgan fingerprint density at radius 3 is 2.26 bits per heavy atom. The van der Waals surface area contributed by atoms with Crippen molar-refractivity contribution in [3.05, 3.63) is 24.3 Å². The molecule has 8 heteroatoms. The van der Waals surface area contributed by atoms with Crippen LogP contribution < -0.4 is 10.0 Å². The number of rotatable bonds is 6. The van der Waals surface area contributed by atoms with Crippen LogP contribution in [0.25, 0.3) is 0 Å². The lowest BCUT2D eigenvalue weighted by atomic mass is 10.3. The highest BCUT2D eigenvalue weighted by Crippen LogP contribution is 2.21. The minimum Gasteiger partial charge on any atom is -0.380 e. The van der Waals surface area contributed by atoms with Crippen LogP contribution in [0.1, 0.15) is 6.92 Å². The molecule has 0 saturated heterocycles. The molecule has 2 N–H and O–H groups in total. The van der Waals surface area contributed by atoms with Gasteiger partial charge in [0.1, 0.15) is 14.7 Å². The maximum atomic E-state index is 11.8. The molecule has 1 unspecified atom stereocenters. The molecule has 6 nitrogen and oxygen atoms in total. The molecule has 1 rings (SSSR count). The van der Waals surface area contributed by atoms with E-state index in [9.17, 15) is 16.8 Å². The molecule has 0 bridgehead atoms. The Morgan fingerprint density at radius 2 is 1.74 bits per heavy atom. The molecule has 108 valence electrons. The van der Waals surface area contributed by atoms with Crippen LogP contribution in [0.4, 0.5) is 5.69 Å². The first kappa shape index (κ1) is 15.9. The van der Waals surface area contributed by atoms with Crippen molar-refractivity contribution in [3.8, 4) is 0 Å². The molecule has 0 aromatic heterocycles. The van der Waals surface area contributed by atoms with E-state index in [-0.39, 0.29) is 16.7 Å². The molecule has 1 atom stereocenters. The molecule has 0 spiro atoms. The minimum absolute atomic E-state index is 0.0685. The first-order valence-corrected chi connectivity index (χ1v) is 9.17. The van der Waals surface area contributed by atoms with Gasteiger partial charge in [0.05, 0.1) is 11.4 Å². The molecular formula is C11H18N2O4S2. The van der Waals surface area contributed by atoms with Gasteiger partial charge in [0.2, 0.25) is 10.0 Å². The molecule has 0 heterocycles. The number of nitrogens with one attached hydrogen (secondary N) is 2. The van der Waals surface area contributed by atoms with E-state index in [0.29, 0.717) is 5.69 Å². The van der Waals surface area contributed by atoms with E-state index < -0.39 is 19.9 Å². The second-order valence-corrected chi connectivity index (χ2v) is 8.38. The van der Waals surface area contributed by atoms with Gasteiger partial charge in [0.25, 0.3) is 0 Å². The van der Waals surface area contributed by atoms with Crippen molar-refractivity contribution in [2.45, 2.75) is 17.9 Å². The lowest BCUT2D eigenvalue weighted by Crippen LogP contribution is -2.27. The molecular weight excluding hydrogens is 288 g/mol. The third-order valence-corrected chi connectivity index (χ3v) is 4.98. The first-order valence-electron chi connectivity index (χ1n) is 5.62. The number of anilines is 1. The number of para-hydroxylation sites is 1. The van der Waals surface area contributed by atoms with Crippen LogP contribution in [0.3, 0.4) is 0 Å². The van der Waals surface area contributed by atoms with E-state index in [1.54, 1.807) is 25.1 Å². The monoisotopic (exact) mass is 306 g/mol. The first-order chi connectivity index (χ1) is 8.65. The van der Waals surface area contributed by atoms with Crippen molar-refractivity contribution >= 4 is 25.5 Å². The van der Waals surface area contributed by atoms with E-state index in [0.717, 1.165) is 6.26 Å². The second kappa shape index (κ2) is 5.89. The Labute approximate surface area is 114 Å². The summed E-state index contributed by atoms with van der Waals surface area (Å²) in [6.45, 7) is 1.68. The maximum absolute atomic E-state index is 11.8. The molecule has 0 radical (unpaired) electrons. The maximum Gasteiger partial charge on any atom is 0.242 e. The smallest absolute Gasteiger partial charge is 0.242 e. The summed E-state index contributed by atoms with van der Waals surface area (Å²) in [6, 6.07) is 5.97. The molecule has 1 aromatic carbocycles. The zero-order valence-corrected chi connectivity index (χ0v) is 12.7. The molecule has 1 aromatic rings. The predicted molar refractivity (Wildman–Crippen MR) is 75.5 cm³/mol. The average Bonchev–Trinajstić information content (AvgIpc) is 2.27.